The van der Waals surface area contributed by atoms with E-state index in [0.717, 1.165) is 31.3 Å². The third-order valence-electron chi connectivity index (χ3n) is 5.42. The minimum atomic E-state index is -0.0614. The number of hydrogen-bond acceptors (Lipinski definition) is 4. The Morgan fingerprint density at radius 2 is 1.92 bits per heavy atom. The van der Waals surface area contributed by atoms with Gasteiger partial charge in [-0.1, -0.05) is 32.0 Å². The molecule has 0 saturated carbocycles. The van der Waals surface area contributed by atoms with Crippen molar-refractivity contribution in [3.8, 4) is 0 Å². The van der Waals surface area contributed by atoms with E-state index >= 15 is 0 Å². The quantitative estimate of drug-likeness (QED) is 0.892. The van der Waals surface area contributed by atoms with Crippen molar-refractivity contribution in [2.45, 2.75) is 46.3 Å². The number of likely N-dealkylation sites (tertiary alicyclic amines) is 1. The zero-order valence-corrected chi connectivity index (χ0v) is 15.8. The lowest BCUT2D eigenvalue weighted by atomic mass is 9.95. The molecule has 140 valence electrons. The van der Waals surface area contributed by atoms with Gasteiger partial charge in [-0.25, -0.2) is 4.68 Å². The molecule has 1 N–H and O–H groups in total. The van der Waals surface area contributed by atoms with Crippen molar-refractivity contribution in [2.75, 3.05) is 13.1 Å². The van der Waals surface area contributed by atoms with Crippen LogP contribution in [0.2, 0.25) is 0 Å². The van der Waals surface area contributed by atoms with Crippen LogP contribution >= 0.6 is 0 Å². The highest BCUT2D eigenvalue weighted by Gasteiger charge is 2.26. The van der Waals surface area contributed by atoms with Crippen LogP contribution in [-0.2, 0) is 11.5 Å². The van der Waals surface area contributed by atoms with Crippen LogP contribution in [0.25, 0.3) is 10.8 Å². The van der Waals surface area contributed by atoms with Gasteiger partial charge in [-0.3, -0.25) is 14.5 Å². The van der Waals surface area contributed by atoms with Crippen molar-refractivity contribution >= 4 is 16.7 Å². The van der Waals surface area contributed by atoms with Crippen molar-refractivity contribution in [1.29, 1.82) is 0 Å². The van der Waals surface area contributed by atoms with E-state index in [0.29, 0.717) is 18.0 Å². The predicted octanol–water partition coefficient (Wildman–Crippen LogP) is 2.23. The lowest BCUT2D eigenvalue weighted by Gasteiger charge is -2.32. The first kappa shape index (κ1) is 18.6. The molecule has 1 unspecified atom stereocenters. The Morgan fingerprint density at radius 3 is 2.62 bits per heavy atom. The molecular weight excluding hydrogens is 328 g/mol. The number of carbonyl (C=O) groups is 1. The standard InChI is InChI=1S/C20H28N4O2/c1-14(2)15(3)22-19(25)16-8-10-23(11-9-16)13-24-20(26)18-7-5-4-6-17(18)12-21-24/h4-7,12,14-16H,8-11,13H2,1-3H3,(H,22,25). The second kappa shape index (κ2) is 7.99. The SMILES string of the molecule is CC(C)C(C)NC(=O)C1CCN(Cn2ncc3ccccc3c2=O)CC1. The molecule has 1 aromatic heterocycles. The molecule has 1 atom stereocenters. The van der Waals surface area contributed by atoms with Gasteiger partial charge in [0.2, 0.25) is 5.91 Å². The number of amides is 1. The molecule has 1 aliphatic heterocycles. The van der Waals surface area contributed by atoms with Crippen LogP contribution in [0.15, 0.2) is 35.3 Å². The molecule has 1 aromatic carbocycles. The number of rotatable bonds is 5. The molecule has 2 aromatic rings. The highest BCUT2D eigenvalue weighted by Crippen LogP contribution is 2.18. The summed E-state index contributed by atoms with van der Waals surface area (Å²) in [5.74, 6) is 0.658. The second-order valence-corrected chi connectivity index (χ2v) is 7.61. The fourth-order valence-electron chi connectivity index (χ4n) is 3.26. The number of hydrogen-bond donors (Lipinski definition) is 1. The maximum Gasteiger partial charge on any atom is 0.275 e. The molecular formula is C20H28N4O2. The number of carbonyl (C=O) groups excluding carboxylic acids is 1. The average Bonchev–Trinajstić information content (AvgIpc) is 2.64. The monoisotopic (exact) mass is 356 g/mol. The van der Waals surface area contributed by atoms with Crippen LogP contribution in [0.3, 0.4) is 0 Å². The molecule has 1 aliphatic rings. The minimum Gasteiger partial charge on any atom is -0.353 e. The molecule has 0 radical (unpaired) electrons. The number of nitrogens with one attached hydrogen (secondary N) is 1. The normalized spacial score (nSPS) is 17.5. The molecule has 0 bridgehead atoms. The van der Waals surface area contributed by atoms with Crippen LogP contribution in [0.5, 0.6) is 0 Å². The summed E-state index contributed by atoms with van der Waals surface area (Å²) >= 11 is 0. The van der Waals surface area contributed by atoms with Crippen molar-refractivity contribution < 1.29 is 4.79 Å². The average molecular weight is 356 g/mol. The fourth-order valence-corrected chi connectivity index (χ4v) is 3.26. The van der Waals surface area contributed by atoms with Crippen LogP contribution in [0.1, 0.15) is 33.6 Å². The van der Waals surface area contributed by atoms with E-state index in [9.17, 15) is 9.59 Å². The van der Waals surface area contributed by atoms with Crippen molar-refractivity contribution in [3.05, 3.63) is 40.8 Å². The van der Waals surface area contributed by atoms with Crippen LogP contribution in [0.4, 0.5) is 0 Å². The first-order valence-electron chi connectivity index (χ1n) is 9.43. The number of nitrogens with zero attached hydrogens (tertiary/aromatic N) is 3. The molecule has 26 heavy (non-hydrogen) atoms. The second-order valence-electron chi connectivity index (χ2n) is 7.61. The predicted molar refractivity (Wildman–Crippen MR) is 103 cm³/mol. The van der Waals surface area contributed by atoms with Crippen LogP contribution in [0, 0.1) is 11.8 Å². The van der Waals surface area contributed by atoms with E-state index in [4.69, 9.17) is 0 Å². The van der Waals surface area contributed by atoms with Gasteiger partial charge in [-0.2, -0.15) is 5.10 Å². The third-order valence-corrected chi connectivity index (χ3v) is 5.42. The highest BCUT2D eigenvalue weighted by atomic mass is 16.2. The summed E-state index contributed by atoms with van der Waals surface area (Å²) in [7, 11) is 0. The summed E-state index contributed by atoms with van der Waals surface area (Å²) in [4.78, 5) is 27.1. The van der Waals surface area contributed by atoms with Crippen molar-refractivity contribution in [1.82, 2.24) is 20.0 Å². The number of piperidine rings is 1. The number of fused-ring (bicyclic) bond motifs is 1. The Labute approximate surface area is 154 Å². The van der Waals surface area contributed by atoms with Gasteiger partial charge in [0.15, 0.2) is 0 Å². The largest absolute Gasteiger partial charge is 0.353 e. The van der Waals surface area contributed by atoms with E-state index in [1.807, 2.05) is 24.3 Å². The Morgan fingerprint density at radius 1 is 1.23 bits per heavy atom. The zero-order valence-electron chi connectivity index (χ0n) is 15.8. The van der Waals surface area contributed by atoms with Crippen molar-refractivity contribution in [3.63, 3.8) is 0 Å². The summed E-state index contributed by atoms with van der Waals surface area (Å²) in [5, 5.41) is 8.97. The maximum atomic E-state index is 12.6. The van der Waals surface area contributed by atoms with Gasteiger partial charge in [0.05, 0.1) is 18.3 Å². The molecule has 1 amide bonds. The number of benzene rings is 1. The van der Waals surface area contributed by atoms with E-state index in [2.05, 4.69) is 36.1 Å². The Hall–Kier alpha value is -2.21. The van der Waals surface area contributed by atoms with Gasteiger partial charge in [0, 0.05) is 30.4 Å². The van der Waals surface area contributed by atoms with E-state index in [1.165, 1.54) is 4.68 Å². The third kappa shape index (κ3) is 4.12. The Bertz CT molecular complexity index is 822. The first-order valence-corrected chi connectivity index (χ1v) is 9.43. The van der Waals surface area contributed by atoms with Gasteiger partial charge in [-0.05, 0) is 31.7 Å². The van der Waals surface area contributed by atoms with Gasteiger partial charge in [0.25, 0.3) is 5.56 Å². The summed E-state index contributed by atoms with van der Waals surface area (Å²) < 4.78 is 1.52. The summed E-state index contributed by atoms with van der Waals surface area (Å²) in [5.41, 5.74) is -0.0614. The van der Waals surface area contributed by atoms with Crippen LogP contribution in [-0.4, -0.2) is 39.7 Å². The molecule has 6 heteroatoms. The maximum absolute atomic E-state index is 12.6. The lowest BCUT2D eigenvalue weighted by Crippen LogP contribution is -2.45. The van der Waals surface area contributed by atoms with E-state index in [1.54, 1.807) is 6.20 Å². The smallest absolute Gasteiger partial charge is 0.275 e. The van der Waals surface area contributed by atoms with Gasteiger partial charge in [-0.15, -0.1) is 0 Å². The summed E-state index contributed by atoms with van der Waals surface area (Å²) in [6, 6.07) is 7.71. The highest BCUT2D eigenvalue weighted by molar-refractivity contribution is 5.80. The first-order chi connectivity index (χ1) is 12.5. The Kier molecular flexibility index (Phi) is 5.71. The molecule has 1 fully saturated rings. The molecule has 6 nitrogen and oxygen atoms in total. The minimum absolute atomic E-state index is 0.0614. The van der Waals surface area contributed by atoms with Crippen molar-refractivity contribution in [2.24, 2.45) is 11.8 Å². The van der Waals surface area contributed by atoms with E-state index < -0.39 is 0 Å². The lowest BCUT2D eigenvalue weighted by molar-refractivity contribution is -0.127. The number of aromatic nitrogens is 2. The topological polar surface area (TPSA) is 67.2 Å². The van der Waals surface area contributed by atoms with Crippen LogP contribution < -0.4 is 10.9 Å². The van der Waals surface area contributed by atoms with Gasteiger partial charge < -0.3 is 5.32 Å². The van der Waals surface area contributed by atoms with Gasteiger partial charge in [0.1, 0.15) is 0 Å². The Balaban J connectivity index is 1.58. The molecule has 2 heterocycles. The summed E-state index contributed by atoms with van der Waals surface area (Å²) in [6.07, 6.45) is 3.38. The molecule has 0 aliphatic carbocycles. The molecule has 3 rings (SSSR count). The fraction of sp³-hybridized carbons (Fsp3) is 0.550. The molecule has 1 saturated heterocycles. The van der Waals surface area contributed by atoms with E-state index in [-0.39, 0.29) is 23.4 Å². The molecule has 0 spiro atoms. The summed E-state index contributed by atoms with van der Waals surface area (Å²) in [6.45, 7) is 8.35. The van der Waals surface area contributed by atoms with Gasteiger partial charge >= 0.3 is 0 Å². The zero-order chi connectivity index (χ0) is 18.7.